The number of methoxy groups -OCH3 is 1. The first-order valence-electron chi connectivity index (χ1n) is 11.6. The van der Waals surface area contributed by atoms with Gasteiger partial charge in [-0.2, -0.15) is 0 Å². The average Bonchev–Trinajstić information content (AvgIpc) is 3.31. The predicted molar refractivity (Wildman–Crippen MR) is 134 cm³/mol. The Morgan fingerprint density at radius 2 is 1.74 bits per heavy atom. The molecule has 0 saturated carbocycles. The van der Waals surface area contributed by atoms with Gasteiger partial charge in [0.15, 0.2) is 5.65 Å². The summed E-state index contributed by atoms with van der Waals surface area (Å²) >= 11 is 0. The number of nitrogens with one attached hydrogen (secondary N) is 2. The summed E-state index contributed by atoms with van der Waals surface area (Å²) in [5.41, 5.74) is 2.04. The maximum absolute atomic E-state index is 12.9. The zero-order chi connectivity index (χ0) is 24.1. The number of fused-ring (bicyclic) bond motifs is 1. The van der Waals surface area contributed by atoms with E-state index < -0.39 is 0 Å². The molecule has 0 aliphatic rings. The minimum Gasteiger partial charge on any atom is -0.497 e. The maximum Gasteiger partial charge on any atom is 0.332 e. The second-order valence-corrected chi connectivity index (χ2v) is 8.13. The number of hydrogen-bond donors (Lipinski definition) is 2. The Kier molecular flexibility index (Phi) is 7.10. The third-order valence-corrected chi connectivity index (χ3v) is 5.67. The van der Waals surface area contributed by atoms with Crippen molar-refractivity contribution in [2.75, 3.05) is 19.0 Å². The molecule has 0 bridgehead atoms. The molecule has 0 radical (unpaired) electrons. The molecule has 3 heterocycles. The van der Waals surface area contributed by atoms with Gasteiger partial charge in [0, 0.05) is 31.4 Å². The fourth-order valence-electron chi connectivity index (χ4n) is 3.91. The number of H-pyrrole nitrogens is 1. The fraction of sp³-hybridized carbons (Fsp3) is 0.360. The van der Waals surface area contributed by atoms with Gasteiger partial charge < -0.3 is 15.0 Å². The van der Waals surface area contributed by atoms with Crippen molar-refractivity contribution >= 4 is 17.0 Å². The summed E-state index contributed by atoms with van der Waals surface area (Å²) in [6, 6.07) is 11.8. The van der Waals surface area contributed by atoms with E-state index in [4.69, 9.17) is 4.74 Å². The van der Waals surface area contributed by atoms with Gasteiger partial charge >= 0.3 is 5.69 Å². The number of hydrogen-bond acceptors (Lipinski definition) is 6. The number of ether oxygens (including phenoxy) is 1. The molecule has 9 nitrogen and oxygen atoms in total. The first-order chi connectivity index (χ1) is 16.5. The minimum absolute atomic E-state index is 0.311. The van der Waals surface area contributed by atoms with E-state index in [2.05, 4.69) is 20.3 Å². The van der Waals surface area contributed by atoms with Crippen LogP contribution in [0.3, 0.4) is 0 Å². The molecule has 0 amide bonds. The summed E-state index contributed by atoms with van der Waals surface area (Å²) in [5.74, 6) is 2.11. The number of aromatic amines is 1. The number of aryl methyl sites for hydroxylation is 1. The predicted octanol–water partition coefficient (Wildman–Crippen LogP) is 3.43. The van der Waals surface area contributed by atoms with Crippen LogP contribution in [0.4, 0.5) is 5.82 Å². The molecule has 0 spiro atoms. The molecule has 0 unspecified atom stereocenters. The molecular formula is C25H30N6O3. The molecule has 4 rings (SSSR count). The van der Waals surface area contributed by atoms with E-state index in [0.29, 0.717) is 36.5 Å². The SMILES string of the molecule is CCCn1c(=O)c2[nH]c(-c3ccc(NCCc4ccc(OC)cc4)nc3)nc2n(CCC)c1=O. The number of rotatable bonds is 10. The summed E-state index contributed by atoms with van der Waals surface area (Å²) in [6.45, 7) is 5.55. The number of pyridine rings is 1. The normalized spacial score (nSPS) is 11.1. The molecule has 0 saturated heterocycles. The van der Waals surface area contributed by atoms with Gasteiger partial charge in [-0.15, -0.1) is 0 Å². The van der Waals surface area contributed by atoms with Gasteiger partial charge in [0.2, 0.25) is 0 Å². The Balaban J connectivity index is 1.53. The van der Waals surface area contributed by atoms with Gasteiger partial charge in [-0.05, 0) is 49.1 Å². The Morgan fingerprint density at radius 3 is 2.38 bits per heavy atom. The van der Waals surface area contributed by atoms with Gasteiger partial charge in [0.05, 0.1) is 7.11 Å². The monoisotopic (exact) mass is 462 g/mol. The van der Waals surface area contributed by atoms with Crippen LogP contribution in [-0.2, 0) is 19.5 Å². The minimum atomic E-state index is -0.335. The lowest BCUT2D eigenvalue weighted by atomic mass is 10.1. The summed E-state index contributed by atoms with van der Waals surface area (Å²) in [7, 11) is 1.66. The zero-order valence-electron chi connectivity index (χ0n) is 19.8. The highest BCUT2D eigenvalue weighted by Gasteiger charge is 2.17. The highest BCUT2D eigenvalue weighted by Crippen LogP contribution is 2.19. The molecule has 1 aromatic carbocycles. The summed E-state index contributed by atoms with van der Waals surface area (Å²) in [5, 5.41) is 3.32. The summed E-state index contributed by atoms with van der Waals surface area (Å²) < 4.78 is 8.05. The van der Waals surface area contributed by atoms with E-state index in [-0.39, 0.29) is 11.2 Å². The van der Waals surface area contributed by atoms with Crippen molar-refractivity contribution < 1.29 is 4.74 Å². The van der Waals surface area contributed by atoms with Crippen molar-refractivity contribution in [2.24, 2.45) is 0 Å². The van der Waals surface area contributed by atoms with Crippen molar-refractivity contribution in [1.82, 2.24) is 24.1 Å². The number of aromatic nitrogens is 5. The first-order valence-corrected chi connectivity index (χ1v) is 11.6. The molecule has 2 N–H and O–H groups in total. The Bertz CT molecular complexity index is 1370. The van der Waals surface area contributed by atoms with Gasteiger partial charge in [-0.3, -0.25) is 13.9 Å². The molecule has 34 heavy (non-hydrogen) atoms. The number of imidazole rings is 1. The third-order valence-electron chi connectivity index (χ3n) is 5.67. The molecular weight excluding hydrogens is 432 g/mol. The Labute approximate surface area is 197 Å². The van der Waals surface area contributed by atoms with Crippen molar-refractivity contribution in [1.29, 1.82) is 0 Å². The second kappa shape index (κ2) is 10.4. The van der Waals surface area contributed by atoms with Crippen LogP contribution in [0.1, 0.15) is 32.3 Å². The quantitative estimate of drug-likeness (QED) is 0.374. The number of nitrogens with zero attached hydrogens (tertiary/aromatic N) is 4. The van der Waals surface area contributed by atoms with Crippen LogP contribution < -0.4 is 21.3 Å². The van der Waals surface area contributed by atoms with Gasteiger partial charge in [0.1, 0.15) is 22.9 Å². The standard InChI is InChI=1S/C25H30N6O3/c1-4-14-30-23-21(24(32)31(15-5-2)25(30)33)28-22(29-23)18-8-11-20(27-16-18)26-13-12-17-6-9-19(34-3)10-7-17/h6-11,16H,4-5,12-15H2,1-3H3,(H,26,27)(H,28,29). The average molecular weight is 463 g/mol. The number of anilines is 1. The lowest BCUT2D eigenvalue weighted by Gasteiger charge is -2.09. The van der Waals surface area contributed by atoms with Crippen LogP contribution in [0.5, 0.6) is 5.75 Å². The van der Waals surface area contributed by atoms with E-state index in [1.165, 1.54) is 10.1 Å². The molecule has 0 fully saturated rings. The van der Waals surface area contributed by atoms with Crippen molar-refractivity contribution in [3.8, 4) is 17.1 Å². The van der Waals surface area contributed by atoms with Crippen LogP contribution in [-0.4, -0.2) is 37.7 Å². The van der Waals surface area contributed by atoms with Gasteiger partial charge in [-0.25, -0.2) is 14.8 Å². The van der Waals surface area contributed by atoms with Crippen molar-refractivity contribution in [3.63, 3.8) is 0 Å². The van der Waals surface area contributed by atoms with E-state index >= 15 is 0 Å². The van der Waals surface area contributed by atoms with Crippen molar-refractivity contribution in [3.05, 3.63) is 69.0 Å². The van der Waals surface area contributed by atoms with Gasteiger partial charge in [-0.1, -0.05) is 26.0 Å². The van der Waals surface area contributed by atoms with Crippen LogP contribution in [0.2, 0.25) is 0 Å². The lowest BCUT2D eigenvalue weighted by Crippen LogP contribution is -2.40. The number of benzene rings is 1. The molecule has 178 valence electrons. The smallest absolute Gasteiger partial charge is 0.332 e. The second-order valence-electron chi connectivity index (χ2n) is 8.13. The molecule has 0 atom stereocenters. The van der Waals surface area contributed by atoms with E-state index in [9.17, 15) is 9.59 Å². The van der Waals surface area contributed by atoms with E-state index in [1.54, 1.807) is 17.9 Å². The Hall–Kier alpha value is -3.88. The van der Waals surface area contributed by atoms with Crippen LogP contribution in [0, 0.1) is 0 Å². The highest BCUT2D eigenvalue weighted by atomic mass is 16.5. The zero-order valence-corrected chi connectivity index (χ0v) is 19.8. The molecule has 9 heteroatoms. The molecule has 0 aliphatic carbocycles. The van der Waals surface area contributed by atoms with Crippen LogP contribution in [0.15, 0.2) is 52.2 Å². The first kappa shape index (κ1) is 23.3. The van der Waals surface area contributed by atoms with Crippen LogP contribution >= 0.6 is 0 Å². The van der Waals surface area contributed by atoms with Crippen LogP contribution in [0.25, 0.3) is 22.6 Å². The van der Waals surface area contributed by atoms with Gasteiger partial charge in [0.25, 0.3) is 5.56 Å². The molecule has 4 aromatic rings. The fourth-order valence-corrected chi connectivity index (χ4v) is 3.91. The van der Waals surface area contributed by atoms with Crippen molar-refractivity contribution in [2.45, 2.75) is 46.2 Å². The molecule has 3 aromatic heterocycles. The maximum atomic E-state index is 12.9. The van der Waals surface area contributed by atoms with E-state index in [1.807, 2.05) is 50.2 Å². The summed E-state index contributed by atoms with van der Waals surface area (Å²) in [6.07, 6.45) is 4.03. The Morgan fingerprint density at radius 1 is 1.00 bits per heavy atom. The highest BCUT2D eigenvalue weighted by molar-refractivity contribution is 5.75. The summed E-state index contributed by atoms with van der Waals surface area (Å²) in [4.78, 5) is 38.0. The topological polar surface area (TPSA) is 107 Å². The largest absolute Gasteiger partial charge is 0.497 e. The molecule has 0 aliphatic heterocycles. The van der Waals surface area contributed by atoms with E-state index in [0.717, 1.165) is 36.5 Å². The third kappa shape index (κ3) is 4.73. The lowest BCUT2D eigenvalue weighted by molar-refractivity contribution is 0.414.